The molecule has 5 nitrogen and oxygen atoms in total. The maximum atomic E-state index is 13.2. The first kappa shape index (κ1) is 28.7. The van der Waals surface area contributed by atoms with Gasteiger partial charge in [0.2, 0.25) is 0 Å². The van der Waals surface area contributed by atoms with Crippen molar-refractivity contribution in [3.8, 4) is 0 Å². The van der Waals surface area contributed by atoms with E-state index < -0.39 is 23.3 Å². The van der Waals surface area contributed by atoms with Crippen molar-refractivity contribution in [2.24, 2.45) is 0 Å². The van der Waals surface area contributed by atoms with Crippen molar-refractivity contribution < 1.29 is 14.6 Å². The first-order valence-corrected chi connectivity index (χ1v) is 14.9. The van der Waals surface area contributed by atoms with Gasteiger partial charge in [-0.05, 0) is 61.6 Å². The van der Waals surface area contributed by atoms with E-state index in [9.17, 15) is 9.90 Å². The normalized spacial score (nSPS) is 17.3. The number of aromatic nitrogens is 1. The van der Waals surface area contributed by atoms with Gasteiger partial charge in [-0.3, -0.25) is 9.47 Å². The van der Waals surface area contributed by atoms with Gasteiger partial charge in [0, 0.05) is 30.2 Å². The van der Waals surface area contributed by atoms with E-state index in [0.717, 1.165) is 22.0 Å². The number of fused-ring (bicyclic) bond motifs is 1. The Labute approximate surface area is 253 Å². The first-order chi connectivity index (χ1) is 20.8. The van der Waals surface area contributed by atoms with Crippen LogP contribution < -0.4 is 0 Å². The van der Waals surface area contributed by atoms with Crippen LogP contribution in [0.2, 0.25) is 0 Å². The predicted octanol–water partition coefficient (Wildman–Crippen LogP) is 7.87. The maximum absolute atomic E-state index is 13.2. The molecular formula is C38H38N2O3. The van der Waals surface area contributed by atoms with Crippen molar-refractivity contribution in [3.05, 3.63) is 149 Å². The monoisotopic (exact) mass is 570 g/mol. The van der Waals surface area contributed by atoms with Crippen LogP contribution in [0.5, 0.6) is 0 Å². The third-order valence-corrected chi connectivity index (χ3v) is 8.20. The lowest BCUT2D eigenvalue weighted by atomic mass is 9.74. The summed E-state index contributed by atoms with van der Waals surface area (Å²) in [5.74, 6) is 0. The van der Waals surface area contributed by atoms with Gasteiger partial charge in [0.25, 0.3) is 0 Å². The molecule has 1 aromatic heterocycles. The van der Waals surface area contributed by atoms with Crippen molar-refractivity contribution in [2.75, 3.05) is 13.1 Å². The molecule has 0 spiro atoms. The minimum atomic E-state index is -0.614. The summed E-state index contributed by atoms with van der Waals surface area (Å²) in [6.45, 7) is 6.85. The van der Waals surface area contributed by atoms with Crippen LogP contribution in [0.15, 0.2) is 127 Å². The fourth-order valence-electron chi connectivity index (χ4n) is 6.37. The van der Waals surface area contributed by atoms with Gasteiger partial charge in [-0.2, -0.15) is 0 Å². The minimum absolute atomic E-state index is 0.421. The van der Waals surface area contributed by atoms with Crippen LogP contribution in [0.3, 0.4) is 0 Å². The Kier molecular flexibility index (Phi) is 7.78. The number of nitrogens with zero attached hydrogens (tertiary/aromatic N) is 2. The number of likely N-dealkylation sites (tertiary alicyclic amines) is 1. The molecular weight excluding hydrogens is 532 g/mol. The summed E-state index contributed by atoms with van der Waals surface area (Å²) >= 11 is 0. The van der Waals surface area contributed by atoms with Crippen molar-refractivity contribution in [1.82, 2.24) is 9.47 Å². The largest absolute Gasteiger partial charge is 0.443 e. The number of carbonyl (C=O) groups excluding carboxylic acids is 1. The molecule has 0 saturated carbocycles. The van der Waals surface area contributed by atoms with E-state index in [-0.39, 0.29) is 0 Å². The Morgan fingerprint density at radius 3 is 1.84 bits per heavy atom. The molecule has 1 aliphatic heterocycles. The SMILES string of the molecule is CC(C)(C)OC(=O)n1cc(/C=C2/CN(C(c3ccccc3)(c3ccccc3)c3ccccc3)CCC2O)c2ccccc21. The number of aliphatic hydroxyl groups excluding tert-OH is 1. The van der Waals surface area contributed by atoms with Crippen molar-refractivity contribution >= 4 is 23.1 Å². The van der Waals surface area contributed by atoms with Gasteiger partial charge in [-0.15, -0.1) is 0 Å². The molecule has 2 heterocycles. The highest BCUT2D eigenvalue weighted by molar-refractivity contribution is 5.96. The molecule has 4 aromatic carbocycles. The van der Waals surface area contributed by atoms with E-state index in [1.54, 1.807) is 4.57 Å². The summed E-state index contributed by atoms with van der Waals surface area (Å²) in [6, 6.07) is 39.7. The summed E-state index contributed by atoms with van der Waals surface area (Å²) < 4.78 is 7.28. The van der Waals surface area contributed by atoms with E-state index in [1.165, 1.54) is 16.7 Å². The van der Waals surface area contributed by atoms with Gasteiger partial charge >= 0.3 is 6.09 Å². The standard InChI is InChI=1S/C38H38N2O3/c1-37(2,3)43-36(42)40-27-28(33-21-13-14-22-34(33)40)25-29-26-39(24-23-35(29)41)38(30-15-7-4-8-16-30,31-17-9-5-10-18-31)32-19-11-6-12-20-32/h4-22,25,27,35,41H,23-24,26H2,1-3H3/b29-25-. The number of para-hydroxylation sites is 1. The highest BCUT2D eigenvalue weighted by Gasteiger charge is 2.44. The molecule has 1 fully saturated rings. The van der Waals surface area contributed by atoms with E-state index in [4.69, 9.17) is 4.74 Å². The van der Waals surface area contributed by atoms with Crippen LogP contribution in [-0.4, -0.2) is 45.5 Å². The number of rotatable bonds is 5. The number of piperidine rings is 1. The Morgan fingerprint density at radius 1 is 0.791 bits per heavy atom. The lowest BCUT2D eigenvalue weighted by Gasteiger charge is -2.48. The van der Waals surface area contributed by atoms with E-state index in [0.29, 0.717) is 19.5 Å². The fourth-order valence-corrected chi connectivity index (χ4v) is 6.37. The summed E-state index contributed by atoms with van der Waals surface area (Å²) in [4.78, 5) is 15.6. The molecule has 43 heavy (non-hydrogen) atoms. The maximum Gasteiger partial charge on any atom is 0.419 e. The Balaban J connectivity index is 1.49. The molecule has 0 aliphatic carbocycles. The smallest absolute Gasteiger partial charge is 0.419 e. The van der Waals surface area contributed by atoms with Crippen LogP contribution in [0.1, 0.15) is 49.4 Å². The van der Waals surface area contributed by atoms with E-state index in [1.807, 2.05) is 51.2 Å². The topological polar surface area (TPSA) is 54.7 Å². The molecule has 1 unspecified atom stereocenters. The molecule has 1 aliphatic rings. The quantitative estimate of drug-likeness (QED) is 0.219. The van der Waals surface area contributed by atoms with Crippen LogP contribution >= 0.6 is 0 Å². The second kappa shape index (κ2) is 11.7. The zero-order chi connectivity index (χ0) is 30.0. The zero-order valence-corrected chi connectivity index (χ0v) is 25.0. The highest BCUT2D eigenvalue weighted by Crippen LogP contribution is 2.44. The molecule has 1 atom stereocenters. The number of hydrogen-bond donors (Lipinski definition) is 1. The van der Waals surface area contributed by atoms with Crippen LogP contribution in [-0.2, 0) is 10.3 Å². The Hall–Kier alpha value is -4.45. The molecule has 1 N–H and O–H groups in total. The fraction of sp³-hybridized carbons (Fsp3) is 0.237. The van der Waals surface area contributed by atoms with Crippen LogP contribution in [0.4, 0.5) is 4.79 Å². The van der Waals surface area contributed by atoms with Crippen LogP contribution in [0.25, 0.3) is 17.0 Å². The van der Waals surface area contributed by atoms with Crippen molar-refractivity contribution in [1.29, 1.82) is 0 Å². The molecule has 218 valence electrons. The average Bonchev–Trinajstić information content (AvgIpc) is 3.38. The van der Waals surface area contributed by atoms with Crippen molar-refractivity contribution in [2.45, 2.75) is 44.4 Å². The van der Waals surface area contributed by atoms with Gasteiger partial charge in [-0.25, -0.2) is 4.79 Å². The molecule has 0 bridgehead atoms. The van der Waals surface area contributed by atoms with Gasteiger partial charge in [0.1, 0.15) is 5.60 Å². The van der Waals surface area contributed by atoms with Gasteiger partial charge in [0.05, 0.1) is 17.2 Å². The second-order valence-corrected chi connectivity index (χ2v) is 12.2. The molecule has 6 rings (SSSR count). The average molecular weight is 571 g/mol. The zero-order valence-electron chi connectivity index (χ0n) is 25.0. The molecule has 0 amide bonds. The number of ether oxygens (including phenoxy) is 1. The van der Waals surface area contributed by atoms with Gasteiger partial charge in [-0.1, -0.05) is 109 Å². The predicted molar refractivity (Wildman–Crippen MR) is 173 cm³/mol. The second-order valence-electron chi connectivity index (χ2n) is 12.2. The molecule has 1 saturated heterocycles. The van der Waals surface area contributed by atoms with E-state index >= 15 is 0 Å². The molecule has 5 heteroatoms. The summed E-state index contributed by atoms with van der Waals surface area (Å²) in [5, 5.41) is 12.3. The minimum Gasteiger partial charge on any atom is -0.443 e. The summed E-state index contributed by atoms with van der Waals surface area (Å²) in [6.07, 6.45) is 3.46. The number of carbonyl (C=O) groups is 1. The first-order valence-electron chi connectivity index (χ1n) is 14.9. The van der Waals surface area contributed by atoms with E-state index in [2.05, 4.69) is 102 Å². The lowest BCUT2D eigenvalue weighted by molar-refractivity contribution is 0.0544. The molecule has 0 radical (unpaired) electrons. The van der Waals surface area contributed by atoms with Crippen LogP contribution in [0, 0.1) is 0 Å². The summed E-state index contributed by atoms with van der Waals surface area (Å²) in [5.41, 5.74) is 4.88. The molecule has 5 aromatic rings. The van der Waals surface area contributed by atoms with Gasteiger partial charge < -0.3 is 9.84 Å². The third kappa shape index (κ3) is 5.54. The number of aliphatic hydroxyl groups is 1. The van der Waals surface area contributed by atoms with Gasteiger partial charge in [0.15, 0.2) is 0 Å². The Morgan fingerprint density at radius 2 is 1.30 bits per heavy atom. The number of benzene rings is 4. The summed E-state index contributed by atoms with van der Waals surface area (Å²) in [7, 11) is 0. The highest BCUT2D eigenvalue weighted by atomic mass is 16.6. The van der Waals surface area contributed by atoms with Crippen molar-refractivity contribution in [3.63, 3.8) is 0 Å². The third-order valence-electron chi connectivity index (χ3n) is 8.20. The lowest BCUT2D eigenvalue weighted by Crippen LogP contribution is -2.52. The number of hydrogen-bond acceptors (Lipinski definition) is 4. The Bertz CT molecular complexity index is 1640.